The number of nitrogens with zero attached hydrogens (tertiary/aromatic N) is 1. The molecule has 6 nitrogen and oxygen atoms in total. The van der Waals surface area contributed by atoms with E-state index in [0.717, 1.165) is 0 Å². The zero-order valence-electron chi connectivity index (χ0n) is 5.18. The summed E-state index contributed by atoms with van der Waals surface area (Å²) in [4.78, 5) is 17.7. The molecule has 0 heterocycles. The molecule has 0 unspecified atom stereocenters. The van der Waals surface area contributed by atoms with Crippen LogP contribution in [0.1, 0.15) is 13.3 Å². The Morgan fingerprint density at radius 3 is 1.80 bits per heavy atom. The maximum atomic E-state index is 9.37. The van der Waals surface area contributed by atoms with Gasteiger partial charge in [0.2, 0.25) is 0 Å². The largest absolute Gasteiger partial charge is 0.481 e. The third-order valence-electron chi connectivity index (χ3n) is 0.302. The van der Waals surface area contributed by atoms with Crippen molar-refractivity contribution in [2.75, 3.05) is 0 Å². The second kappa shape index (κ2) is 10.6. The van der Waals surface area contributed by atoms with Gasteiger partial charge < -0.3 is 10.3 Å². The van der Waals surface area contributed by atoms with Gasteiger partial charge in [-0.2, -0.15) is 0 Å². The van der Waals surface area contributed by atoms with Gasteiger partial charge in [-0.3, -0.25) is 9.50 Å². The van der Waals surface area contributed by atoms with Gasteiger partial charge in [-0.25, -0.2) is 0 Å². The van der Waals surface area contributed by atoms with Gasteiger partial charge in [0.25, 0.3) is 5.09 Å². The van der Waals surface area contributed by atoms with Crippen molar-refractivity contribution >= 4 is 5.97 Å². The van der Waals surface area contributed by atoms with Crippen molar-refractivity contribution in [2.45, 2.75) is 13.3 Å². The molecule has 10 heavy (non-hydrogen) atoms. The van der Waals surface area contributed by atoms with Crippen molar-refractivity contribution < 1.29 is 24.9 Å². The lowest BCUT2D eigenvalue weighted by molar-refractivity contribution is -0.742. The van der Waals surface area contributed by atoms with Gasteiger partial charge in [0.15, 0.2) is 0 Å². The van der Waals surface area contributed by atoms with E-state index >= 15 is 0 Å². The van der Waals surface area contributed by atoms with Crippen LogP contribution in [0.15, 0.2) is 0 Å². The molecule has 0 bridgehead atoms. The van der Waals surface area contributed by atoms with E-state index < -0.39 is 11.1 Å². The van der Waals surface area contributed by atoms with Crippen LogP contribution in [-0.4, -0.2) is 21.4 Å². The van der Waals surface area contributed by atoms with E-state index in [4.69, 9.17) is 20.4 Å². The van der Waals surface area contributed by atoms with Crippen LogP contribution in [0, 0.1) is 10.1 Å². The van der Waals surface area contributed by atoms with Gasteiger partial charge >= 0.3 is 5.97 Å². The molecule has 0 aliphatic rings. The number of carboxylic acids is 1. The van der Waals surface area contributed by atoms with Gasteiger partial charge in [-0.1, -0.05) is 6.92 Å². The SMILES string of the molecule is CCC(=O)O.F.O=[N+]([O-])O. The first-order valence-electron chi connectivity index (χ1n) is 2.05. The molecule has 0 radical (unpaired) electrons. The second-order valence-electron chi connectivity index (χ2n) is 0.985. The Morgan fingerprint density at radius 1 is 1.70 bits per heavy atom. The van der Waals surface area contributed by atoms with Crippen molar-refractivity contribution in [1.82, 2.24) is 0 Å². The molecule has 0 saturated heterocycles. The Hall–Kier alpha value is -1.40. The van der Waals surface area contributed by atoms with E-state index in [1.807, 2.05) is 0 Å². The summed E-state index contributed by atoms with van der Waals surface area (Å²) in [5.41, 5.74) is 0. The predicted octanol–water partition coefficient (Wildman–Crippen LogP) is 0.286. The molecule has 0 spiro atoms. The maximum Gasteiger partial charge on any atom is 0.303 e. The summed E-state index contributed by atoms with van der Waals surface area (Å²) in [6.45, 7) is 1.60. The van der Waals surface area contributed by atoms with E-state index in [-0.39, 0.29) is 11.1 Å². The summed E-state index contributed by atoms with van der Waals surface area (Å²) >= 11 is 0. The van der Waals surface area contributed by atoms with Gasteiger partial charge in [0.1, 0.15) is 0 Å². The topological polar surface area (TPSA) is 101 Å². The van der Waals surface area contributed by atoms with E-state index in [1.54, 1.807) is 6.92 Å². The average molecular weight is 157 g/mol. The number of halogens is 1. The lowest BCUT2D eigenvalue weighted by Crippen LogP contribution is -1.86. The Balaban J connectivity index is -0.0000000910. The van der Waals surface area contributed by atoms with E-state index in [9.17, 15) is 4.79 Å². The number of hydrogen-bond acceptors (Lipinski definition) is 3. The monoisotopic (exact) mass is 157 g/mol. The van der Waals surface area contributed by atoms with Crippen molar-refractivity contribution in [1.29, 1.82) is 0 Å². The van der Waals surface area contributed by atoms with Crippen LogP contribution in [-0.2, 0) is 4.79 Å². The Bertz CT molecular complexity index is 101. The van der Waals surface area contributed by atoms with Crippen LogP contribution in [0.3, 0.4) is 0 Å². The maximum absolute atomic E-state index is 9.37. The number of carboxylic acid groups (broad SMARTS) is 1. The Labute approximate surface area is 55.6 Å². The van der Waals surface area contributed by atoms with Crippen molar-refractivity contribution in [3.63, 3.8) is 0 Å². The normalized spacial score (nSPS) is 6.10. The summed E-state index contributed by atoms with van der Waals surface area (Å²) in [7, 11) is 0. The average Bonchev–Trinajstić information content (AvgIpc) is 1.65. The molecule has 7 heteroatoms. The van der Waals surface area contributed by atoms with Crippen LogP contribution in [0.4, 0.5) is 4.70 Å². The van der Waals surface area contributed by atoms with E-state index in [2.05, 4.69) is 0 Å². The highest BCUT2D eigenvalue weighted by Gasteiger charge is 1.80. The molecule has 0 aliphatic carbocycles. The molecule has 0 amide bonds. The first kappa shape index (κ1) is 15.8. The van der Waals surface area contributed by atoms with Crippen molar-refractivity contribution in [3.8, 4) is 0 Å². The third kappa shape index (κ3) is 575. The Kier molecular flexibility index (Phi) is 16.7. The number of rotatable bonds is 1. The van der Waals surface area contributed by atoms with Crippen LogP contribution in [0.2, 0.25) is 0 Å². The first-order chi connectivity index (χ1) is 4.00. The van der Waals surface area contributed by atoms with Crippen molar-refractivity contribution in [3.05, 3.63) is 10.1 Å². The molecule has 0 aromatic rings. The van der Waals surface area contributed by atoms with Gasteiger partial charge in [-0.05, 0) is 0 Å². The highest BCUT2D eigenvalue weighted by atomic mass is 19.0. The standard InChI is InChI=1S/C3H6O2.FH.HNO3/c1-2-3(4)5;;2-1(3)4/h2H2,1H3,(H,4,5);1H;(H,2,3,4). The molecule has 0 atom stereocenters. The molecule has 0 fully saturated rings. The molecule has 0 aliphatic heterocycles. The van der Waals surface area contributed by atoms with Crippen LogP contribution in [0.5, 0.6) is 0 Å². The highest BCUT2D eigenvalue weighted by Crippen LogP contribution is 1.67. The molecule has 2 N–H and O–H groups in total. The zero-order chi connectivity index (χ0) is 7.86. The second-order valence-corrected chi connectivity index (χ2v) is 0.985. The molecule has 0 aromatic heterocycles. The molecular formula is C3H8FNO5. The molecule has 0 rings (SSSR count). The summed E-state index contributed by atoms with van der Waals surface area (Å²) < 4.78 is 0. The van der Waals surface area contributed by atoms with Gasteiger partial charge in [0.05, 0.1) is 0 Å². The van der Waals surface area contributed by atoms with Gasteiger partial charge in [0, 0.05) is 6.42 Å². The number of carbonyl (C=O) groups is 1. The number of hydrogen-bond donors (Lipinski definition) is 2. The quantitative estimate of drug-likeness (QED) is 0.420. The fraction of sp³-hybridized carbons (Fsp3) is 0.667. The third-order valence-corrected chi connectivity index (χ3v) is 0.302. The first-order valence-corrected chi connectivity index (χ1v) is 2.05. The lowest BCUT2D eigenvalue weighted by atomic mass is 10.5. The fourth-order valence-corrected chi connectivity index (χ4v) is 0. The molecule has 0 saturated carbocycles. The minimum atomic E-state index is -1.50. The van der Waals surface area contributed by atoms with Crippen LogP contribution < -0.4 is 0 Å². The predicted molar refractivity (Wildman–Crippen MR) is 29.2 cm³/mol. The molecule has 0 aromatic carbocycles. The Morgan fingerprint density at radius 2 is 1.80 bits per heavy atom. The van der Waals surface area contributed by atoms with E-state index in [0.29, 0.717) is 0 Å². The van der Waals surface area contributed by atoms with Crippen LogP contribution in [0.25, 0.3) is 0 Å². The van der Waals surface area contributed by atoms with Crippen LogP contribution >= 0.6 is 0 Å². The van der Waals surface area contributed by atoms with Gasteiger partial charge in [-0.15, -0.1) is 10.1 Å². The zero-order valence-corrected chi connectivity index (χ0v) is 5.18. The van der Waals surface area contributed by atoms with E-state index in [1.165, 1.54) is 0 Å². The summed E-state index contributed by atoms with van der Waals surface area (Å²) in [6.07, 6.45) is 0.222. The molecule has 62 valence electrons. The molecular weight excluding hydrogens is 149 g/mol. The fourth-order valence-electron chi connectivity index (χ4n) is 0. The summed E-state index contributed by atoms with van der Waals surface area (Å²) in [5, 5.41) is 21.4. The summed E-state index contributed by atoms with van der Waals surface area (Å²) in [5.74, 6) is -0.745. The number of aliphatic carboxylic acids is 1. The summed E-state index contributed by atoms with van der Waals surface area (Å²) in [6, 6.07) is 0. The minimum absolute atomic E-state index is 0. The smallest absolute Gasteiger partial charge is 0.303 e. The minimum Gasteiger partial charge on any atom is -0.481 e. The van der Waals surface area contributed by atoms with Crippen molar-refractivity contribution in [2.24, 2.45) is 0 Å². The lowest BCUT2D eigenvalue weighted by Gasteiger charge is -1.71. The highest BCUT2D eigenvalue weighted by molar-refractivity contribution is 5.66.